The van der Waals surface area contributed by atoms with Crippen molar-refractivity contribution in [3.63, 3.8) is 0 Å². The van der Waals surface area contributed by atoms with Gasteiger partial charge in [-0.25, -0.2) is 0 Å². The van der Waals surface area contributed by atoms with Crippen molar-refractivity contribution in [1.82, 2.24) is 10.3 Å². The maximum absolute atomic E-state index is 6.97. The molecule has 10 nitrogen and oxygen atoms in total. The Morgan fingerprint density at radius 3 is 0.472 bits per heavy atom. The van der Waals surface area contributed by atoms with Crippen molar-refractivity contribution in [2.45, 2.75) is 658 Å². The van der Waals surface area contributed by atoms with Crippen molar-refractivity contribution in [2.24, 2.45) is 0 Å². The lowest BCUT2D eigenvalue weighted by atomic mass is 10.0. The third-order valence-corrected chi connectivity index (χ3v) is 30.8. The van der Waals surface area contributed by atoms with Gasteiger partial charge in [0.05, 0.1) is 39.6 Å². The Balaban J connectivity index is 1.39. The van der Waals surface area contributed by atoms with E-state index in [-0.39, 0.29) is 0 Å². The molecule has 3 aromatic carbocycles. The summed E-state index contributed by atoms with van der Waals surface area (Å²) in [6.07, 6.45) is 134. The summed E-state index contributed by atoms with van der Waals surface area (Å²) < 4.78 is 54.7. The molecule has 0 aliphatic carbocycles. The maximum Gasteiger partial charge on any atom is 0.203 e. The smallest absolute Gasteiger partial charge is 0.203 e. The summed E-state index contributed by atoms with van der Waals surface area (Å²) >= 11 is 0. The van der Waals surface area contributed by atoms with Crippen LogP contribution in [0.4, 0.5) is 0 Å². The molecule has 0 amide bonds. The first kappa shape index (κ1) is 129. The van der Waals surface area contributed by atoms with Crippen molar-refractivity contribution in [3.8, 4) is 92.0 Å². The van der Waals surface area contributed by atoms with E-state index in [1.54, 1.807) is 0 Å². The van der Waals surface area contributed by atoms with Crippen LogP contribution in [-0.4, -0.2) is 50.0 Å². The van der Waals surface area contributed by atoms with Gasteiger partial charge in [0, 0.05) is 39.9 Å². The first-order chi connectivity index (χ1) is 71.5. The summed E-state index contributed by atoms with van der Waals surface area (Å²) in [5.41, 5.74) is 5.35. The van der Waals surface area contributed by atoms with Gasteiger partial charge < -0.3 is 37.5 Å². The first-order valence-corrected chi connectivity index (χ1v) is 64.2. The number of unbranched alkanes of at least 4 members (excludes halogenated alkanes) is 90. The molecule has 0 aliphatic heterocycles. The molecule has 0 radical (unpaired) electrons. The molecule has 5 aromatic rings. The minimum absolute atomic E-state index is 0.589. The normalized spacial score (nSPS) is 11.6. The molecule has 2 aromatic heterocycles. The summed E-state index contributed by atoms with van der Waals surface area (Å²) in [4.78, 5) is 0. The topological polar surface area (TPSA) is 107 Å². The van der Waals surface area contributed by atoms with Crippen molar-refractivity contribution in [2.75, 3.05) is 39.6 Å². The van der Waals surface area contributed by atoms with E-state index >= 15 is 0 Å². The van der Waals surface area contributed by atoms with Gasteiger partial charge in [-0.3, -0.25) is 0 Å². The van der Waals surface area contributed by atoms with Crippen LogP contribution in [0.25, 0.3) is 45.2 Å². The van der Waals surface area contributed by atoms with Crippen LogP contribution in [0.2, 0.25) is 0 Å². The fraction of sp³-hybridized carbons (Fsp3) is 0.806. The quantitative estimate of drug-likeness (QED) is 0.0276. The van der Waals surface area contributed by atoms with Crippen molar-refractivity contribution in [3.05, 3.63) is 60.2 Å². The third-order valence-electron chi connectivity index (χ3n) is 30.8. The molecule has 0 aliphatic rings. The highest BCUT2D eigenvalue weighted by Gasteiger charge is 2.24. The summed E-state index contributed by atoms with van der Waals surface area (Å²) in [6.45, 7) is 17.5. The van der Waals surface area contributed by atoms with Gasteiger partial charge in [0.1, 0.15) is 11.4 Å². The van der Waals surface area contributed by atoms with Gasteiger partial charge in [0.2, 0.25) is 11.5 Å². The second kappa shape index (κ2) is 98.2. The van der Waals surface area contributed by atoms with Gasteiger partial charge in [-0.05, 0) is 81.0 Å². The van der Waals surface area contributed by atoms with Crippen LogP contribution < -0.4 is 28.4 Å². The van der Waals surface area contributed by atoms with Gasteiger partial charge in [-0.2, -0.15) is 0 Å². The van der Waals surface area contributed by atoms with Gasteiger partial charge in [0.25, 0.3) is 0 Å². The molecule has 0 atom stereocenters. The van der Waals surface area contributed by atoms with Gasteiger partial charge in [-0.1, -0.05) is 636 Å². The molecule has 0 saturated carbocycles. The van der Waals surface area contributed by atoms with E-state index in [9.17, 15) is 0 Å². The zero-order valence-electron chi connectivity index (χ0n) is 96.1. The van der Waals surface area contributed by atoms with Crippen LogP contribution in [-0.2, 0) is 0 Å². The molecule has 0 fully saturated rings. The number of hydrogen-bond acceptors (Lipinski definition) is 10. The molecule has 5 rings (SSSR count). The second-order valence-electron chi connectivity index (χ2n) is 44.6. The van der Waals surface area contributed by atoms with Crippen LogP contribution in [0, 0.1) is 12.3 Å². The molecule has 144 heavy (non-hydrogen) atoms. The third kappa shape index (κ3) is 70.5. The number of terminal acetylenes is 1. The van der Waals surface area contributed by atoms with E-state index in [0.717, 1.165) is 99.3 Å². The van der Waals surface area contributed by atoms with Gasteiger partial charge in [-0.15, -0.1) is 6.42 Å². The van der Waals surface area contributed by atoms with Crippen LogP contribution in [0.1, 0.15) is 664 Å². The Morgan fingerprint density at radius 1 is 0.174 bits per heavy atom. The predicted molar refractivity (Wildman–Crippen MR) is 626 cm³/mol. The SMILES string of the molecule is C#Cc1cc(-c2cc(-c3cc(OCCCCCCCCCCCCCCCCCC)c(OCCCCCCCCCCCCCCCCCC)c(OCCCCCCCCCCCCCCCCCC)c3)no2)cc(-c2cc(-c3cc(OCCCCCCCCCCCCCCCCCC)c(OCCCCCCCCCCCCCCCCCC)c(OCCCCCCCCCCCCCCCCCC)c3)no2)c1. The molecule has 10 heteroatoms. The van der Waals surface area contributed by atoms with Crippen LogP contribution in [0.3, 0.4) is 0 Å². The van der Waals surface area contributed by atoms with Gasteiger partial charge in [0.15, 0.2) is 34.5 Å². The molecular formula is C134H232N2O8. The molecule has 0 saturated heterocycles. The van der Waals surface area contributed by atoms with E-state index in [0.29, 0.717) is 103 Å². The number of benzene rings is 3. The highest BCUT2D eigenvalue weighted by molar-refractivity contribution is 5.77. The van der Waals surface area contributed by atoms with Crippen molar-refractivity contribution >= 4 is 0 Å². The minimum Gasteiger partial charge on any atom is -0.490 e. The monoisotopic (exact) mass is 2000 g/mol. The first-order valence-electron chi connectivity index (χ1n) is 64.2. The molecule has 0 unspecified atom stereocenters. The fourth-order valence-corrected chi connectivity index (χ4v) is 21.2. The summed E-state index contributed by atoms with van der Waals surface area (Å²) in [5, 5.41) is 9.71. The Hall–Kier alpha value is -5.56. The zero-order chi connectivity index (χ0) is 102. The van der Waals surface area contributed by atoms with Crippen molar-refractivity contribution < 1.29 is 37.5 Å². The van der Waals surface area contributed by atoms with E-state index in [2.05, 4.69) is 77.8 Å². The lowest BCUT2D eigenvalue weighted by Crippen LogP contribution is -2.07. The largest absolute Gasteiger partial charge is 0.490 e. The van der Waals surface area contributed by atoms with Crippen LogP contribution in [0.5, 0.6) is 34.5 Å². The fourth-order valence-electron chi connectivity index (χ4n) is 21.2. The average molecular weight is 2000 g/mol. The lowest BCUT2D eigenvalue weighted by molar-refractivity contribution is 0.234. The molecule has 0 bridgehead atoms. The molecule has 826 valence electrons. The average Bonchev–Trinajstić information content (AvgIpc) is 1.63. The lowest BCUT2D eigenvalue weighted by Gasteiger charge is -2.18. The molecule has 0 N–H and O–H groups in total. The van der Waals surface area contributed by atoms with Gasteiger partial charge >= 0.3 is 0 Å². The number of rotatable bonds is 112. The highest BCUT2D eigenvalue weighted by atomic mass is 16.5. The number of aromatic nitrogens is 2. The maximum atomic E-state index is 6.97. The number of ether oxygens (including phenoxy) is 6. The predicted octanol–water partition coefficient (Wildman–Crippen LogP) is 46.2. The summed E-state index contributed by atoms with van der Waals surface area (Å²) in [5.74, 6) is 8.43. The molecular weight excluding hydrogens is 1770 g/mol. The van der Waals surface area contributed by atoms with E-state index in [4.69, 9.17) is 54.2 Å². The second-order valence-corrected chi connectivity index (χ2v) is 44.6. The zero-order valence-corrected chi connectivity index (χ0v) is 96.1. The van der Waals surface area contributed by atoms with E-state index in [1.165, 1.54) is 539 Å². The number of hydrogen-bond donors (Lipinski definition) is 0. The summed E-state index contributed by atoms with van der Waals surface area (Å²) in [6, 6.07) is 18.6. The van der Waals surface area contributed by atoms with Crippen molar-refractivity contribution in [1.29, 1.82) is 0 Å². The Labute approximate surface area is 891 Å². The number of nitrogens with zero attached hydrogens (tertiary/aromatic N) is 2. The minimum atomic E-state index is 0.589. The van der Waals surface area contributed by atoms with Crippen LogP contribution in [0.15, 0.2) is 63.6 Å². The molecule has 0 spiro atoms. The Bertz CT molecular complexity index is 3280. The standard InChI is InChI=1S/C134H232N2O8/c1-8-15-21-27-33-39-45-51-57-63-69-75-81-87-93-99-105-137-129-114-121(115-130(138-106-100-94-88-82-76-70-64-58-52-46-40-34-28-22-16-9-2)133(129)141-109-103-97-91-85-79-73-67-61-55-49-43-37-31-25-19-12-5)125-118-127(143-135-125)123-111-120(14-7)112-124(113-123)128-119-126(136-144-128)122-116-131(139-107-101-95-89-83-77-71-65-59-53-47-41-35-29-23-17-10-3)134(142-110-104-98-92-86-80-74-68-62-56-50-44-38-32-26-20-13-6)132(117-122)140-108-102-96-90-84-78-72-66-60-54-48-42-36-30-24-18-11-4/h7,111-119H,8-13,15-110H2,1-6H3. The highest BCUT2D eigenvalue weighted by Crippen LogP contribution is 2.46. The van der Waals surface area contributed by atoms with Crippen LogP contribution >= 0.6 is 0 Å². The Morgan fingerprint density at radius 2 is 0.319 bits per heavy atom. The molecule has 2 heterocycles. The summed E-state index contributed by atoms with van der Waals surface area (Å²) in [7, 11) is 0. The Kier molecular flexibility index (Phi) is 87.9. The van der Waals surface area contributed by atoms with E-state index in [1.807, 2.05) is 24.3 Å². The van der Waals surface area contributed by atoms with E-state index < -0.39 is 0 Å².